The standard InChI is InChI=1S/C17H21N5O3S/c1-26(24,25)21-14-7-8-15(21)10-12(9-14)19-17(23)16-11-18-22(20-16)13-5-3-2-4-6-13/h2-6,11-12,14-15H,7-10H2,1H3,(H,19,23). The molecular weight excluding hydrogens is 354 g/mol. The van der Waals surface area contributed by atoms with Crippen molar-refractivity contribution in [3.05, 3.63) is 42.2 Å². The molecule has 0 aliphatic carbocycles. The number of hydrogen-bond acceptors (Lipinski definition) is 5. The van der Waals surface area contributed by atoms with Gasteiger partial charge >= 0.3 is 0 Å². The van der Waals surface area contributed by atoms with Crippen LogP contribution in [0.2, 0.25) is 0 Å². The first-order valence-corrected chi connectivity index (χ1v) is 10.5. The molecule has 1 aromatic heterocycles. The summed E-state index contributed by atoms with van der Waals surface area (Å²) in [5.41, 5.74) is 1.04. The summed E-state index contributed by atoms with van der Waals surface area (Å²) in [6, 6.07) is 9.30. The Morgan fingerprint density at radius 3 is 2.42 bits per heavy atom. The van der Waals surface area contributed by atoms with Crippen molar-refractivity contribution in [1.82, 2.24) is 24.6 Å². The molecular formula is C17H21N5O3S. The van der Waals surface area contributed by atoms with Crippen molar-refractivity contribution >= 4 is 15.9 Å². The van der Waals surface area contributed by atoms with Crippen LogP contribution >= 0.6 is 0 Å². The molecule has 1 amide bonds. The van der Waals surface area contributed by atoms with Crippen molar-refractivity contribution < 1.29 is 13.2 Å². The van der Waals surface area contributed by atoms with E-state index in [-0.39, 0.29) is 29.7 Å². The lowest BCUT2D eigenvalue weighted by Gasteiger charge is -2.37. The predicted molar refractivity (Wildman–Crippen MR) is 95.3 cm³/mol. The molecule has 138 valence electrons. The second-order valence-electron chi connectivity index (χ2n) is 6.97. The van der Waals surface area contributed by atoms with E-state index in [1.165, 1.54) is 17.2 Å². The summed E-state index contributed by atoms with van der Waals surface area (Å²) in [6.07, 6.45) is 5.70. The van der Waals surface area contributed by atoms with Crippen LogP contribution in [0.5, 0.6) is 0 Å². The van der Waals surface area contributed by atoms with Gasteiger partial charge in [0.1, 0.15) is 0 Å². The number of nitrogens with one attached hydrogen (secondary N) is 1. The summed E-state index contributed by atoms with van der Waals surface area (Å²) < 4.78 is 25.5. The Labute approximate surface area is 152 Å². The van der Waals surface area contributed by atoms with Crippen LogP contribution in [0, 0.1) is 0 Å². The summed E-state index contributed by atoms with van der Waals surface area (Å²) in [5, 5.41) is 11.4. The van der Waals surface area contributed by atoms with Crippen molar-refractivity contribution in [2.75, 3.05) is 6.26 Å². The second-order valence-corrected chi connectivity index (χ2v) is 8.86. The molecule has 0 saturated carbocycles. The fraction of sp³-hybridized carbons (Fsp3) is 0.471. The summed E-state index contributed by atoms with van der Waals surface area (Å²) in [4.78, 5) is 13.9. The Morgan fingerprint density at radius 1 is 1.15 bits per heavy atom. The largest absolute Gasteiger partial charge is 0.348 e. The predicted octanol–water partition coefficient (Wildman–Crippen LogP) is 0.952. The third kappa shape index (κ3) is 3.24. The number of para-hydroxylation sites is 1. The van der Waals surface area contributed by atoms with E-state index in [0.29, 0.717) is 12.8 Å². The van der Waals surface area contributed by atoms with Crippen molar-refractivity contribution in [2.24, 2.45) is 0 Å². The number of carbonyl (C=O) groups excluding carboxylic acids is 1. The van der Waals surface area contributed by atoms with Gasteiger partial charge in [0.25, 0.3) is 5.91 Å². The summed E-state index contributed by atoms with van der Waals surface area (Å²) >= 11 is 0. The zero-order valence-corrected chi connectivity index (χ0v) is 15.3. The maximum Gasteiger partial charge on any atom is 0.273 e. The minimum atomic E-state index is -3.20. The molecule has 2 saturated heterocycles. The molecule has 8 nitrogen and oxygen atoms in total. The van der Waals surface area contributed by atoms with E-state index in [4.69, 9.17) is 0 Å². The number of carbonyl (C=O) groups is 1. The minimum Gasteiger partial charge on any atom is -0.348 e. The van der Waals surface area contributed by atoms with Crippen molar-refractivity contribution in [3.8, 4) is 5.69 Å². The van der Waals surface area contributed by atoms with Gasteiger partial charge in [-0.2, -0.15) is 14.2 Å². The minimum absolute atomic E-state index is 0.0194. The van der Waals surface area contributed by atoms with E-state index in [1.54, 1.807) is 4.31 Å². The zero-order valence-electron chi connectivity index (χ0n) is 14.4. The molecule has 1 N–H and O–H groups in total. The molecule has 0 radical (unpaired) electrons. The number of piperidine rings is 1. The van der Waals surface area contributed by atoms with Crippen molar-refractivity contribution in [2.45, 2.75) is 43.8 Å². The molecule has 4 rings (SSSR count). The second kappa shape index (κ2) is 6.48. The van der Waals surface area contributed by atoms with Gasteiger partial charge in [0.15, 0.2) is 5.69 Å². The first-order chi connectivity index (χ1) is 12.4. The van der Waals surface area contributed by atoms with Crippen molar-refractivity contribution in [3.63, 3.8) is 0 Å². The van der Waals surface area contributed by atoms with Crippen LogP contribution in [0.4, 0.5) is 0 Å². The Bertz CT molecular complexity index is 897. The molecule has 26 heavy (non-hydrogen) atoms. The highest BCUT2D eigenvalue weighted by Crippen LogP contribution is 2.37. The lowest BCUT2D eigenvalue weighted by molar-refractivity contribution is 0.0904. The number of sulfonamides is 1. The first kappa shape index (κ1) is 17.2. The molecule has 2 fully saturated rings. The molecule has 9 heteroatoms. The third-order valence-electron chi connectivity index (χ3n) is 5.10. The van der Waals surface area contributed by atoms with E-state index in [2.05, 4.69) is 15.5 Å². The van der Waals surface area contributed by atoms with Gasteiger partial charge in [-0.25, -0.2) is 8.42 Å². The summed E-state index contributed by atoms with van der Waals surface area (Å²) in [7, 11) is -3.20. The van der Waals surface area contributed by atoms with E-state index in [1.807, 2.05) is 30.3 Å². The Balaban J connectivity index is 1.43. The van der Waals surface area contributed by atoms with Crippen LogP contribution in [0.15, 0.2) is 36.5 Å². The molecule has 2 aliphatic heterocycles. The monoisotopic (exact) mass is 375 g/mol. The van der Waals surface area contributed by atoms with E-state index < -0.39 is 10.0 Å². The number of amides is 1. The van der Waals surface area contributed by atoms with Gasteiger partial charge in [-0.1, -0.05) is 18.2 Å². The average Bonchev–Trinajstić information content (AvgIpc) is 3.19. The summed E-state index contributed by atoms with van der Waals surface area (Å²) in [5.74, 6) is -0.274. The molecule has 0 spiro atoms. The molecule has 3 heterocycles. The number of benzene rings is 1. The zero-order chi connectivity index (χ0) is 18.3. The van der Waals surface area contributed by atoms with Gasteiger partial charge in [-0.05, 0) is 37.8 Å². The third-order valence-corrected chi connectivity index (χ3v) is 6.46. The van der Waals surface area contributed by atoms with E-state index in [0.717, 1.165) is 18.5 Å². The lowest BCUT2D eigenvalue weighted by atomic mass is 9.99. The van der Waals surface area contributed by atoms with Crippen molar-refractivity contribution in [1.29, 1.82) is 0 Å². The van der Waals surface area contributed by atoms with Crippen LogP contribution in [-0.4, -0.2) is 58.0 Å². The highest BCUT2D eigenvalue weighted by molar-refractivity contribution is 7.88. The number of rotatable bonds is 4. The number of hydrogen-bond donors (Lipinski definition) is 1. The van der Waals surface area contributed by atoms with Gasteiger partial charge in [0, 0.05) is 18.1 Å². The van der Waals surface area contributed by atoms with Crippen LogP contribution in [0.1, 0.15) is 36.2 Å². The van der Waals surface area contributed by atoms with Gasteiger partial charge in [-0.3, -0.25) is 4.79 Å². The van der Waals surface area contributed by atoms with Gasteiger partial charge in [-0.15, -0.1) is 5.10 Å². The van der Waals surface area contributed by atoms with Crippen LogP contribution in [0.25, 0.3) is 5.69 Å². The normalized spacial score (nSPS) is 26.0. The summed E-state index contributed by atoms with van der Waals surface area (Å²) in [6.45, 7) is 0. The van der Waals surface area contributed by atoms with E-state index >= 15 is 0 Å². The molecule has 1 aromatic carbocycles. The van der Waals surface area contributed by atoms with Crippen LogP contribution in [0.3, 0.4) is 0 Å². The molecule has 2 aliphatic rings. The van der Waals surface area contributed by atoms with Crippen LogP contribution in [-0.2, 0) is 10.0 Å². The Morgan fingerprint density at radius 2 is 1.81 bits per heavy atom. The Hall–Kier alpha value is -2.26. The molecule has 2 bridgehead atoms. The first-order valence-electron chi connectivity index (χ1n) is 8.69. The fourth-order valence-electron chi connectivity index (χ4n) is 4.11. The van der Waals surface area contributed by atoms with Crippen LogP contribution < -0.4 is 5.32 Å². The van der Waals surface area contributed by atoms with Gasteiger partial charge in [0.05, 0.1) is 18.1 Å². The van der Waals surface area contributed by atoms with E-state index in [9.17, 15) is 13.2 Å². The maximum atomic E-state index is 12.5. The Kier molecular flexibility index (Phi) is 4.28. The maximum absolute atomic E-state index is 12.5. The quantitative estimate of drug-likeness (QED) is 0.858. The number of fused-ring (bicyclic) bond motifs is 2. The van der Waals surface area contributed by atoms with Gasteiger partial charge < -0.3 is 5.32 Å². The SMILES string of the molecule is CS(=O)(=O)N1C2CCC1CC(NC(=O)c1cnn(-c3ccccc3)n1)C2. The fourth-order valence-corrected chi connectivity index (χ4v) is 5.57. The number of aromatic nitrogens is 3. The highest BCUT2D eigenvalue weighted by atomic mass is 32.2. The average molecular weight is 375 g/mol. The lowest BCUT2D eigenvalue weighted by Crippen LogP contribution is -2.52. The highest BCUT2D eigenvalue weighted by Gasteiger charge is 2.45. The topological polar surface area (TPSA) is 97.2 Å². The number of nitrogens with zero attached hydrogens (tertiary/aromatic N) is 4. The smallest absolute Gasteiger partial charge is 0.273 e. The molecule has 2 aromatic rings. The molecule has 2 atom stereocenters. The van der Waals surface area contributed by atoms with Gasteiger partial charge in [0.2, 0.25) is 10.0 Å². The molecule has 2 unspecified atom stereocenters.